The average Bonchev–Trinajstić information content (AvgIpc) is 2.95. The number of nitrogens with one attached hydrogen (secondary N) is 1. The summed E-state index contributed by atoms with van der Waals surface area (Å²) in [5, 5.41) is 13.6. The van der Waals surface area contributed by atoms with Crippen LogP contribution in [0.3, 0.4) is 0 Å². The van der Waals surface area contributed by atoms with Crippen molar-refractivity contribution in [1.82, 2.24) is 15.2 Å². The predicted molar refractivity (Wildman–Crippen MR) is 84.6 cm³/mol. The number of carbonyl (C=O) groups excluding carboxylic acids is 1. The first-order valence-corrected chi connectivity index (χ1v) is 8.56. The Balaban J connectivity index is 1.68. The maximum absolute atomic E-state index is 12.1. The van der Waals surface area contributed by atoms with E-state index < -0.39 is 0 Å². The van der Waals surface area contributed by atoms with Gasteiger partial charge in [-0.2, -0.15) is 0 Å². The van der Waals surface area contributed by atoms with E-state index in [4.69, 9.17) is 0 Å². The Morgan fingerprint density at radius 3 is 2.86 bits per heavy atom. The van der Waals surface area contributed by atoms with Crippen molar-refractivity contribution in [2.24, 2.45) is 5.92 Å². The molecule has 1 saturated heterocycles. The molecule has 1 aliphatic heterocycles. The average molecular weight is 311 g/mol. The molecule has 0 spiro atoms. The van der Waals surface area contributed by atoms with Crippen LogP contribution in [0.15, 0.2) is 6.20 Å². The molecule has 1 unspecified atom stereocenters. The van der Waals surface area contributed by atoms with Gasteiger partial charge in [0.25, 0.3) is 0 Å². The van der Waals surface area contributed by atoms with E-state index >= 15 is 0 Å². The van der Waals surface area contributed by atoms with Gasteiger partial charge in [0.1, 0.15) is 0 Å². The largest absolute Gasteiger partial charge is 0.393 e. The molecule has 21 heavy (non-hydrogen) atoms. The molecule has 2 amide bonds. The summed E-state index contributed by atoms with van der Waals surface area (Å²) in [6, 6.07) is 0.00585. The third kappa shape index (κ3) is 4.68. The number of urea groups is 1. The van der Waals surface area contributed by atoms with Gasteiger partial charge < -0.3 is 15.3 Å². The number of aryl methyl sites for hydroxylation is 1. The van der Waals surface area contributed by atoms with Gasteiger partial charge in [-0.15, -0.1) is 11.3 Å². The summed E-state index contributed by atoms with van der Waals surface area (Å²) in [5.41, 5.74) is 0. The SMILES string of the molecule is CCc1cnc(CCNC(=O)N2CCC(C(C)O)CC2)s1. The van der Waals surface area contributed by atoms with E-state index in [0.29, 0.717) is 12.5 Å². The van der Waals surface area contributed by atoms with Crippen molar-refractivity contribution in [2.45, 2.75) is 45.6 Å². The molecule has 0 saturated carbocycles. The molecule has 1 fully saturated rings. The van der Waals surface area contributed by atoms with Crippen molar-refractivity contribution in [3.05, 3.63) is 16.1 Å². The Morgan fingerprint density at radius 2 is 2.29 bits per heavy atom. The highest BCUT2D eigenvalue weighted by Crippen LogP contribution is 2.20. The molecule has 2 heterocycles. The molecule has 1 atom stereocenters. The topological polar surface area (TPSA) is 65.5 Å². The Bertz CT molecular complexity index is 454. The molecular weight excluding hydrogens is 286 g/mol. The number of nitrogens with zero attached hydrogens (tertiary/aromatic N) is 2. The lowest BCUT2D eigenvalue weighted by Gasteiger charge is -2.33. The molecule has 6 heteroatoms. The van der Waals surface area contributed by atoms with Gasteiger partial charge >= 0.3 is 6.03 Å². The summed E-state index contributed by atoms with van der Waals surface area (Å²) in [6.45, 7) is 6.05. The first kappa shape index (κ1) is 16.2. The van der Waals surface area contributed by atoms with Gasteiger partial charge in [-0.3, -0.25) is 0 Å². The first-order valence-electron chi connectivity index (χ1n) is 7.74. The number of hydrogen-bond donors (Lipinski definition) is 2. The molecule has 1 aliphatic rings. The number of aromatic nitrogens is 1. The summed E-state index contributed by atoms with van der Waals surface area (Å²) in [7, 11) is 0. The molecule has 5 nitrogen and oxygen atoms in total. The lowest BCUT2D eigenvalue weighted by atomic mass is 9.92. The summed E-state index contributed by atoms with van der Waals surface area (Å²) >= 11 is 1.72. The van der Waals surface area contributed by atoms with Crippen LogP contribution in [0.2, 0.25) is 0 Å². The minimum Gasteiger partial charge on any atom is -0.393 e. The highest BCUT2D eigenvalue weighted by Gasteiger charge is 2.25. The van der Waals surface area contributed by atoms with E-state index in [1.54, 1.807) is 11.3 Å². The molecule has 1 aromatic heterocycles. The van der Waals surface area contributed by atoms with Crippen LogP contribution in [0.1, 0.15) is 36.6 Å². The lowest BCUT2D eigenvalue weighted by molar-refractivity contribution is 0.0799. The second kappa shape index (κ2) is 7.75. The zero-order chi connectivity index (χ0) is 15.2. The Kier molecular flexibility index (Phi) is 5.99. The minimum atomic E-state index is -0.270. The van der Waals surface area contributed by atoms with E-state index in [1.165, 1.54) is 4.88 Å². The van der Waals surface area contributed by atoms with Gasteiger partial charge in [0.05, 0.1) is 11.1 Å². The van der Waals surface area contributed by atoms with Crippen molar-refractivity contribution in [1.29, 1.82) is 0 Å². The predicted octanol–water partition coefficient (Wildman–Crippen LogP) is 2.05. The molecule has 0 aliphatic carbocycles. The molecule has 0 aromatic carbocycles. The van der Waals surface area contributed by atoms with Crippen LogP contribution in [0, 0.1) is 5.92 Å². The monoisotopic (exact) mass is 311 g/mol. The minimum absolute atomic E-state index is 0.00585. The number of piperidine rings is 1. The molecule has 0 bridgehead atoms. The highest BCUT2D eigenvalue weighted by molar-refractivity contribution is 7.11. The van der Waals surface area contributed by atoms with Crippen molar-refractivity contribution >= 4 is 17.4 Å². The fourth-order valence-corrected chi connectivity index (χ4v) is 3.46. The molecular formula is C15H25N3O2S. The van der Waals surface area contributed by atoms with Crippen molar-refractivity contribution in [3.8, 4) is 0 Å². The number of hydrogen-bond acceptors (Lipinski definition) is 4. The summed E-state index contributed by atoms with van der Waals surface area (Å²) in [6.07, 6.45) is 5.23. The van der Waals surface area contributed by atoms with Crippen LogP contribution in [-0.2, 0) is 12.8 Å². The lowest BCUT2D eigenvalue weighted by Crippen LogP contribution is -2.46. The fraction of sp³-hybridized carbons (Fsp3) is 0.733. The number of rotatable bonds is 5. The smallest absolute Gasteiger partial charge is 0.317 e. The van der Waals surface area contributed by atoms with E-state index in [0.717, 1.165) is 43.8 Å². The molecule has 118 valence electrons. The molecule has 2 N–H and O–H groups in total. The summed E-state index contributed by atoms with van der Waals surface area (Å²) < 4.78 is 0. The van der Waals surface area contributed by atoms with Gasteiger partial charge in [-0.05, 0) is 32.1 Å². The second-order valence-corrected chi connectivity index (χ2v) is 6.82. The van der Waals surface area contributed by atoms with Crippen LogP contribution < -0.4 is 5.32 Å². The molecule has 1 aromatic rings. The van der Waals surface area contributed by atoms with Gasteiger partial charge in [-0.1, -0.05) is 6.92 Å². The standard InChI is InChI=1S/C15H25N3O2S/c1-3-13-10-17-14(21-13)4-7-16-15(20)18-8-5-12(6-9-18)11(2)19/h10-12,19H,3-9H2,1-2H3,(H,16,20). The van der Waals surface area contributed by atoms with E-state index in [2.05, 4.69) is 17.2 Å². The van der Waals surface area contributed by atoms with Gasteiger partial charge in [0.15, 0.2) is 0 Å². The first-order chi connectivity index (χ1) is 10.1. The molecule has 0 radical (unpaired) electrons. The van der Waals surface area contributed by atoms with E-state index in [1.807, 2.05) is 18.0 Å². The third-order valence-corrected chi connectivity index (χ3v) is 5.28. The van der Waals surface area contributed by atoms with Crippen LogP contribution in [0.5, 0.6) is 0 Å². The fourth-order valence-electron chi connectivity index (χ4n) is 2.60. The van der Waals surface area contributed by atoms with Crippen molar-refractivity contribution in [2.75, 3.05) is 19.6 Å². The highest BCUT2D eigenvalue weighted by atomic mass is 32.1. The quantitative estimate of drug-likeness (QED) is 0.874. The zero-order valence-electron chi connectivity index (χ0n) is 12.8. The zero-order valence-corrected chi connectivity index (χ0v) is 13.7. The normalized spacial score (nSPS) is 17.8. The van der Waals surface area contributed by atoms with Crippen molar-refractivity contribution in [3.63, 3.8) is 0 Å². The number of thiazole rings is 1. The van der Waals surface area contributed by atoms with Gasteiger partial charge in [0.2, 0.25) is 0 Å². The summed E-state index contributed by atoms with van der Waals surface area (Å²) in [5.74, 6) is 0.330. The van der Waals surface area contributed by atoms with E-state index in [9.17, 15) is 9.90 Å². The number of likely N-dealkylation sites (tertiary alicyclic amines) is 1. The number of aliphatic hydroxyl groups is 1. The van der Waals surface area contributed by atoms with E-state index in [-0.39, 0.29) is 12.1 Å². The second-order valence-electron chi connectivity index (χ2n) is 5.62. The summed E-state index contributed by atoms with van der Waals surface area (Å²) in [4.78, 5) is 19.5. The third-order valence-electron chi connectivity index (χ3n) is 4.07. The molecule has 2 rings (SSSR count). The van der Waals surface area contributed by atoms with Gasteiger partial charge in [0, 0.05) is 37.1 Å². The Labute approximate surface area is 130 Å². The Hall–Kier alpha value is -1.14. The van der Waals surface area contributed by atoms with Crippen LogP contribution in [0.4, 0.5) is 4.79 Å². The number of amides is 2. The van der Waals surface area contributed by atoms with Crippen molar-refractivity contribution < 1.29 is 9.90 Å². The van der Waals surface area contributed by atoms with Crippen LogP contribution >= 0.6 is 11.3 Å². The van der Waals surface area contributed by atoms with Gasteiger partial charge in [-0.25, -0.2) is 9.78 Å². The maximum Gasteiger partial charge on any atom is 0.317 e. The number of aliphatic hydroxyl groups excluding tert-OH is 1. The van der Waals surface area contributed by atoms with Crippen LogP contribution in [0.25, 0.3) is 0 Å². The van der Waals surface area contributed by atoms with Crippen LogP contribution in [-0.4, -0.2) is 46.8 Å². The number of carbonyl (C=O) groups is 1. The Morgan fingerprint density at radius 1 is 1.57 bits per heavy atom. The maximum atomic E-state index is 12.1.